The normalized spacial score (nSPS) is 9.73. The van der Waals surface area contributed by atoms with Crippen LogP contribution in [0, 0.1) is 13.8 Å². The summed E-state index contributed by atoms with van der Waals surface area (Å²) in [5.41, 5.74) is 2.61. The van der Waals surface area contributed by atoms with Crippen molar-refractivity contribution in [3.8, 4) is 5.75 Å². The maximum Gasteiger partial charge on any atom is 0.243 e. The highest BCUT2D eigenvalue weighted by Crippen LogP contribution is 2.23. The Balaban J connectivity index is 2.85. The van der Waals surface area contributed by atoms with E-state index in [2.05, 4.69) is 11.9 Å². The molecule has 1 aromatic carbocycles. The lowest BCUT2D eigenvalue weighted by molar-refractivity contribution is -0.116. The van der Waals surface area contributed by atoms with Gasteiger partial charge in [0.25, 0.3) is 0 Å². The number of carbonyl (C=O) groups is 1. The van der Waals surface area contributed by atoms with E-state index in [-0.39, 0.29) is 11.7 Å². The summed E-state index contributed by atoms with van der Waals surface area (Å²) < 4.78 is 0. The molecule has 0 bridgehead atoms. The number of hydrogen-bond donors (Lipinski definition) is 2. The monoisotopic (exact) mass is 205 g/mol. The minimum Gasteiger partial charge on any atom is -0.507 e. The number of aromatic hydroxyl groups is 1. The third-order valence-corrected chi connectivity index (χ3v) is 2.16. The summed E-state index contributed by atoms with van der Waals surface area (Å²) >= 11 is 0. The van der Waals surface area contributed by atoms with Crippen molar-refractivity contribution >= 4 is 5.91 Å². The highest BCUT2D eigenvalue weighted by atomic mass is 16.3. The zero-order chi connectivity index (χ0) is 11.4. The Hall–Kier alpha value is -1.77. The molecule has 0 saturated carbocycles. The first-order valence-electron chi connectivity index (χ1n) is 4.74. The molecule has 3 nitrogen and oxygen atoms in total. The molecule has 0 atom stereocenters. The molecule has 0 aliphatic rings. The molecule has 0 aromatic heterocycles. The summed E-state index contributed by atoms with van der Waals surface area (Å²) in [5, 5.41) is 12.4. The van der Waals surface area contributed by atoms with Crippen molar-refractivity contribution in [3.63, 3.8) is 0 Å². The maximum absolute atomic E-state index is 11.0. The van der Waals surface area contributed by atoms with Crippen LogP contribution in [0.2, 0.25) is 0 Å². The maximum atomic E-state index is 11.0. The molecule has 15 heavy (non-hydrogen) atoms. The summed E-state index contributed by atoms with van der Waals surface area (Å²) in [5.74, 6) is -0.00137. The van der Waals surface area contributed by atoms with E-state index in [0.717, 1.165) is 16.7 Å². The first kappa shape index (κ1) is 11.3. The largest absolute Gasteiger partial charge is 0.507 e. The quantitative estimate of drug-likeness (QED) is 0.739. The molecule has 1 amide bonds. The average Bonchev–Trinajstić information content (AvgIpc) is 2.20. The van der Waals surface area contributed by atoms with E-state index in [1.165, 1.54) is 6.08 Å². The Morgan fingerprint density at radius 2 is 2.20 bits per heavy atom. The number of carbonyl (C=O) groups excluding carboxylic acids is 1. The molecule has 1 rings (SSSR count). The van der Waals surface area contributed by atoms with Gasteiger partial charge in [0, 0.05) is 12.1 Å². The first-order valence-corrected chi connectivity index (χ1v) is 4.74. The molecule has 0 aliphatic carbocycles. The Morgan fingerprint density at radius 1 is 1.53 bits per heavy atom. The third-order valence-electron chi connectivity index (χ3n) is 2.16. The molecular formula is C12H15NO2. The van der Waals surface area contributed by atoms with Crippen molar-refractivity contribution < 1.29 is 9.90 Å². The van der Waals surface area contributed by atoms with Crippen molar-refractivity contribution in [2.75, 3.05) is 0 Å². The van der Waals surface area contributed by atoms with Crippen LogP contribution in [0.5, 0.6) is 5.75 Å². The zero-order valence-electron chi connectivity index (χ0n) is 9.00. The molecule has 0 fully saturated rings. The summed E-state index contributed by atoms with van der Waals surface area (Å²) in [6.07, 6.45) is 1.21. The van der Waals surface area contributed by atoms with E-state index in [1.807, 2.05) is 26.0 Å². The van der Waals surface area contributed by atoms with Crippen molar-refractivity contribution in [2.24, 2.45) is 0 Å². The second-order valence-corrected chi connectivity index (χ2v) is 3.51. The minimum absolute atomic E-state index is 0.241. The SMILES string of the molecule is C=CC(=O)NCc1cc(C)cc(C)c1O. The van der Waals surface area contributed by atoms with Crippen molar-refractivity contribution in [2.45, 2.75) is 20.4 Å². The molecule has 0 unspecified atom stereocenters. The lowest BCUT2D eigenvalue weighted by Crippen LogP contribution is -2.20. The van der Waals surface area contributed by atoms with Crippen LogP contribution in [0.3, 0.4) is 0 Å². The smallest absolute Gasteiger partial charge is 0.243 e. The van der Waals surface area contributed by atoms with Gasteiger partial charge in [0.1, 0.15) is 5.75 Å². The van der Waals surface area contributed by atoms with Gasteiger partial charge in [-0.25, -0.2) is 0 Å². The van der Waals surface area contributed by atoms with Crippen LogP contribution >= 0.6 is 0 Å². The van der Waals surface area contributed by atoms with E-state index >= 15 is 0 Å². The summed E-state index contributed by atoms with van der Waals surface area (Å²) in [7, 11) is 0. The standard InChI is InChI=1S/C12H15NO2/c1-4-11(14)13-7-10-6-8(2)5-9(3)12(10)15/h4-6,15H,1,7H2,2-3H3,(H,13,14). The summed E-state index contributed by atoms with van der Waals surface area (Å²) in [4.78, 5) is 11.0. The van der Waals surface area contributed by atoms with Gasteiger partial charge in [0.05, 0.1) is 0 Å². The fourth-order valence-corrected chi connectivity index (χ4v) is 1.44. The summed E-state index contributed by atoms with van der Waals surface area (Å²) in [6.45, 7) is 7.46. The Labute approximate surface area is 89.4 Å². The van der Waals surface area contributed by atoms with Crippen LogP contribution < -0.4 is 5.32 Å². The van der Waals surface area contributed by atoms with E-state index in [1.54, 1.807) is 0 Å². The topological polar surface area (TPSA) is 49.3 Å². The molecule has 80 valence electrons. The van der Waals surface area contributed by atoms with Crippen molar-refractivity contribution in [1.82, 2.24) is 5.32 Å². The van der Waals surface area contributed by atoms with Gasteiger partial charge in [0.15, 0.2) is 0 Å². The number of benzene rings is 1. The number of amides is 1. The highest BCUT2D eigenvalue weighted by Gasteiger charge is 2.05. The zero-order valence-corrected chi connectivity index (χ0v) is 9.00. The van der Waals surface area contributed by atoms with Crippen LogP contribution in [-0.2, 0) is 11.3 Å². The molecule has 0 spiro atoms. The van der Waals surface area contributed by atoms with Crippen molar-refractivity contribution in [3.05, 3.63) is 41.5 Å². The molecule has 0 saturated heterocycles. The predicted octanol–water partition coefficient (Wildman–Crippen LogP) is 1.81. The number of hydrogen-bond acceptors (Lipinski definition) is 2. The van der Waals surface area contributed by atoms with Crippen LogP contribution in [-0.4, -0.2) is 11.0 Å². The van der Waals surface area contributed by atoms with E-state index in [4.69, 9.17) is 0 Å². The number of rotatable bonds is 3. The van der Waals surface area contributed by atoms with Gasteiger partial charge in [-0.3, -0.25) is 4.79 Å². The number of nitrogens with one attached hydrogen (secondary N) is 1. The van der Waals surface area contributed by atoms with Gasteiger partial charge in [-0.05, 0) is 25.5 Å². The highest BCUT2D eigenvalue weighted by molar-refractivity contribution is 5.86. The first-order chi connectivity index (χ1) is 7.04. The minimum atomic E-state index is -0.242. The molecule has 3 heteroatoms. The van der Waals surface area contributed by atoms with Crippen molar-refractivity contribution in [1.29, 1.82) is 0 Å². The molecule has 0 radical (unpaired) electrons. The van der Waals surface area contributed by atoms with E-state index in [0.29, 0.717) is 6.54 Å². The Bertz CT molecular complexity index is 397. The average molecular weight is 205 g/mol. The molecule has 2 N–H and O–H groups in total. The van der Waals surface area contributed by atoms with Crippen LogP contribution in [0.4, 0.5) is 0 Å². The second kappa shape index (κ2) is 4.64. The van der Waals surface area contributed by atoms with Gasteiger partial charge in [-0.2, -0.15) is 0 Å². The van der Waals surface area contributed by atoms with Gasteiger partial charge < -0.3 is 10.4 Å². The Morgan fingerprint density at radius 3 is 2.80 bits per heavy atom. The predicted molar refractivity (Wildman–Crippen MR) is 59.6 cm³/mol. The van der Waals surface area contributed by atoms with E-state index in [9.17, 15) is 9.90 Å². The lowest BCUT2D eigenvalue weighted by atomic mass is 10.1. The Kier molecular flexibility index (Phi) is 3.50. The van der Waals surface area contributed by atoms with Crippen LogP contribution in [0.25, 0.3) is 0 Å². The fourth-order valence-electron chi connectivity index (χ4n) is 1.44. The number of phenolic OH excluding ortho intramolecular Hbond substituents is 1. The van der Waals surface area contributed by atoms with Gasteiger partial charge in [0.2, 0.25) is 5.91 Å². The molecular weight excluding hydrogens is 190 g/mol. The van der Waals surface area contributed by atoms with Gasteiger partial charge in [-0.15, -0.1) is 0 Å². The van der Waals surface area contributed by atoms with E-state index < -0.39 is 0 Å². The summed E-state index contributed by atoms with van der Waals surface area (Å²) in [6, 6.07) is 3.75. The van der Waals surface area contributed by atoms with Gasteiger partial charge >= 0.3 is 0 Å². The van der Waals surface area contributed by atoms with Crippen LogP contribution in [0.1, 0.15) is 16.7 Å². The number of aryl methyl sites for hydroxylation is 2. The fraction of sp³-hybridized carbons (Fsp3) is 0.250. The molecule has 1 aromatic rings. The van der Waals surface area contributed by atoms with Gasteiger partial charge in [-0.1, -0.05) is 24.3 Å². The lowest BCUT2D eigenvalue weighted by Gasteiger charge is -2.09. The second-order valence-electron chi connectivity index (χ2n) is 3.51. The molecule has 0 heterocycles. The number of phenols is 1. The third kappa shape index (κ3) is 2.84. The van der Waals surface area contributed by atoms with Crippen LogP contribution in [0.15, 0.2) is 24.8 Å². The molecule has 0 aliphatic heterocycles.